The van der Waals surface area contributed by atoms with Gasteiger partial charge in [-0.15, -0.1) is 0 Å². The number of aromatic nitrogens is 7. The van der Waals surface area contributed by atoms with E-state index in [0.717, 1.165) is 55.4 Å². The molecule has 3 amide bonds. The fourth-order valence-corrected chi connectivity index (χ4v) is 11.6. The molecular weight excluding hydrogens is 1220 g/mol. The molecule has 0 unspecified atom stereocenters. The topological polar surface area (TPSA) is 382 Å². The van der Waals surface area contributed by atoms with Gasteiger partial charge in [-0.3, -0.25) is 14.4 Å². The fourth-order valence-electron chi connectivity index (χ4n) is 11.6. The van der Waals surface area contributed by atoms with Crippen LogP contribution in [0.4, 0.5) is 26.2 Å². The van der Waals surface area contributed by atoms with E-state index in [9.17, 15) is 39.0 Å². The van der Waals surface area contributed by atoms with E-state index >= 15 is 0 Å². The van der Waals surface area contributed by atoms with Gasteiger partial charge in [0.1, 0.15) is 74.2 Å². The zero-order valence-electron chi connectivity index (χ0n) is 52.3. The first-order valence-electron chi connectivity index (χ1n) is 30.5. The minimum atomic E-state index is -0.692. The molecule has 3 atom stereocenters. The molecule has 27 heteroatoms. The number of halogens is 2. The standard InChI is InChI=1S/C23H23FN6O2.C23H24N6O2.C22H22FN7O2/c1-14-4-9-19(18(24)11-14)32-17-7-5-15(6-8-17)21-20(23(27)31)22(26)30(28-21)16-3-2-10-29(12-16)13-25;1-15-4-8-18(9-5-15)31-19-10-6-16(7-11-19)21-20(23(26)30)22(25)29(27-21)17-3-2-12-28(13-17)14-24;1-13-9-17(23)22(27-10-13)32-16-6-4-14(5-7-16)19-18(21(26)31)20(25)30(28-19)15-3-2-8-29(11-15)12-24/h4-9,11,16H,2-3,10,12,26H2,1H3,(H2,27,31);4-11,17H,2-3,12-13,25H2,1H3,(H2,26,30);4-7,9-10,15H,2-3,8,11,25H2,1H3,(H2,26,31)/t16-;17-;15-/m111/s1. The van der Waals surface area contributed by atoms with Crippen molar-refractivity contribution in [3.8, 4) is 87.0 Å². The second kappa shape index (κ2) is 29.0. The molecule has 0 spiro atoms. The molecule has 12 N–H and O–H groups in total. The molecule has 0 bridgehead atoms. The highest BCUT2D eigenvalue weighted by Crippen LogP contribution is 2.38. The van der Waals surface area contributed by atoms with Gasteiger partial charge in [-0.1, -0.05) is 23.8 Å². The highest BCUT2D eigenvalue weighted by molar-refractivity contribution is 6.05. The van der Waals surface area contributed by atoms with Crippen LogP contribution >= 0.6 is 0 Å². The number of carbonyl (C=O) groups is 3. The number of amides is 3. The third kappa shape index (κ3) is 15.1. The van der Waals surface area contributed by atoms with E-state index in [-0.39, 0.29) is 63.9 Å². The van der Waals surface area contributed by atoms with Gasteiger partial charge in [-0.05, 0) is 174 Å². The van der Waals surface area contributed by atoms with Crippen LogP contribution in [0.3, 0.4) is 0 Å². The first kappa shape index (κ1) is 65.8. The van der Waals surface area contributed by atoms with E-state index in [2.05, 4.69) is 38.9 Å². The number of piperidine rings is 3. The lowest BCUT2D eigenvalue weighted by Crippen LogP contribution is -2.34. The maximum atomic E-state index is 14.1. The molecule has 12 rings (SSSR count). The highest BCUT2D eigenvalue weighted by atomic mass is 19.1. The Balaban J connectivity index is 0.000000155. The quantitative estimate of drug-likeness (QED) is 0.0519. The van der Waals surface area contributed by atoms with Crippen LogP contribution in [0, 0.1) is 66.8 Å². The molecule has 25 nitrogen and oxygen atoms in total. The first-order valence-corrected chi connectivity index (χ1v) is 30.5. The Morgan fingerprint density at radius 2 is 0.800 bits per heavy atom. The summed E-state index contributed by atoms with van der Waals surface area (Å²) in [5.74, 6) is -0.241. The van der Waals surface area contributed by atoms with Gasteiger partial charge in [0.05, 0.1) is 37.8 Å². The lowest BCUT2D eigenvalue weighted by atomic mass is 10.1. The second-order valence-corrected chi connectivity index (χ2v) is 23.2. The van der Waals surface area contributed by atoms with Gasteiger partial charge in [0.2, 0.25) is 0 Å². The molecule has 95 heavy (non-hydrogen) atoms. The van der Waals surface area contributed by atoms with Gasteiger partial charge in [-0.25, -0.2) is 27.8 Å². The minimum Gasteiger partial charge on any atom is -0.457 e. The van der Waals surface area contributed by atoms with Crippen LogP contribution in [0.25, 0.3) is 33.8 Å². The van der Waals surface area contributed by atoms with E-state index < -0.39 is 29.4 Å². The van der Waals surface area contributed by atoms with Crippen LogP contribution < -0.4 is 48.6 Å². The number of nitrogens with two attached hydrogens (primary N) is 6. The second-order valence-electron chi connectivity index (χ2n) is 23.2. The number of anilines is 3. The van der Waals surface area contributed by atoms with Crippen molar-refractivity contribution in [1.29, 1.82) is 15.8 Å². The third-order valence-electron chi connectivity index (χ3n) is 16.3. The summed E-state index contributed by atoms with van der Waals surface area (Å²) in [5.41, 5.74) is 41.8. The summed E-state index contributed by atoms with van der Waals surface area (Å²) >= 11 is 0. The SMILES string of the molecule is Cc1ccc(Oc2ccc(-c3nn([C@@H]4CCCN(C#N)C4)c(N)c3C(N)=O)cc2)c(F)c1.Cc1ccc(Oc2ccc(-c3nn([C@@H]4CCCN(C#N)C4)c(N)c3C(N)=O)cc2)cc1.Cc1cnc(Oc2ccc(-c3nn([C@@H]4CCCN(C#N)C4)c(N)c3C(N)=O)cc2)c(F)c1. The van der Waals surface area contributed by atoms with E-state index in [1.54, 1.807) is 103 Å². The maximum Gasteiger partial charge on any atom is 0.255 e. The number of hydrogen-bond acceptors (Lipinski definition) is 19. The number of nitrogens with zero attached hydrogens (tertiary/aromatic N) is 13. The Kier molecular flexibility index (Phi) is 20.1. The van der Waals surface area contributed by atoms with E-state index in [1.165, 1.54) is 18.3 Å². The number of primary amides is 3. The van der Waals surface area contributed by atoms with Gasteiger partial charge < -0.3 is 63.3 Å². The Morgan fingerprint density at radius 3 is 1.15 bits per heavy atom. The summed E-state index contributed by atoms with van der Waals surface area (Å²) in [5, 5.41) is 41.4. The Bertz CT molecular complexity index is 4230. The van der Waals surface area contributed by atoms with Crippen LogP contribution in [-0.2, 0) is 0 Å². The van der Waals surface area contributed by atoms with E-state index in [4.69, 9.17) is 48.6 Å². The summed E-state index contributed by atoms with van der Waals surface area (Å²) < 4.78 is 49.9. The van der Waals surface area contributed by atoms with Crippen molar-refractivity contribution in [2.45, 2.75) is 77.4 Å². The summed E-state index contributed by atoms with van der Waals surface area (Å²) in [4.78, 5) is 45.4. The molecule has 3 aliphatic heterocycles. The predicted molar refractivity (Wildman–Crippen MR) is 350 cm³/mol. The lowest BCUT2D eigenvalue weighted by Gasteiger charge is -2.29. The van der Waals surface area contributed by atoms with Crippen molar-refractivity contribution in [3.05, 3.63) is 173 Å². The molecule has 4 aromatic heterocycles. The van der Waals surface area contributed by atoms with Crippen molar-refractivity contribution in [2.75, 3.05) is 56.5 Å². The van der Waals surface area contributed by atoms with Gasteiger partial charge in [0, 0.05) is 42.5 Å². The number of nitriles is 3. The van der Waals surface area contributed by atoms with Crippen LogP contribution in [0.1, 0.15) is 104 Å². The Hall–Kier alpha value is -12.2. The molecule has 3 saturated heterocycles. The van der Waals surface area contributed by atoms with Crippen molar-refractivity contribution in [1.82, 2.24) is 49.0 Å². The number of likely N-dealkylation sites (tertiary alicyclic amines) is 3. The third-order valence-corrected chi connectivity index (χ3v) is 16.3. The first-order chi connectivity index (χ1) is 45.7. The van der Waals surface area contributed by atoms with Crippen molar-refractivity contribution >= 4 is 35.2 Å². The van der Waals surface area contributed by atoms with Crippen LogP contribution in [0.2, 0.25) is 0 Å². The van der Waals surface area contributed by atoms with Gasteiger partial charge in [-0.2, -0.15) is 31.1 Å². The summed E-state index contributed by atoms with van der Waals surface area (Å²) in [6.45, 7) is 9.07. The number of carbonyl (C=O) groups excluding carboxylic acids is 3. The molecule has 3 aliphatic rings. The largest absolute Gasteiger partial charge is 0.457 e. The molecule has 7 heterocycles. The summed E-state index contributed by atoms with van der Waals surface area (Å²) in [6, 6.07) is 34.1. The molecule has 9 aromatic rings. The molecule has 0 radical (unpaired) electrons. The van der Waals surface area contributed by atoms with Crippen LogP contribution in [0.5, 0.6) is 34.6 Å². The molecule has 3 fully saturated rings. The van der Waals surface area contributed by atoms with Crippen molar-refractivity contribution in [2.24, 2.45) is 17.2 Å². The van der Waals surface area contributed by atoms with E-state index in [0.29, 0.717) is 95.9 Å². The number of hydrogen-bond donors (Lipinski definition) is 6. The Labute approximate surface area is 545 Å². The summed E-state index contributed by atoms with van der Waals surface area (Å²) in [6.07, 6.45) is 12.9. The van der Waals surface area contributed by atoms with Crippen molar-refractivity contribution < 1.29 is 37.4 Å². The number of pyridine rings is 1. The zero-order valence-corrected chi connectivity index (χ0v) is 52.3. The molecule has 0 aliphatic carbocycles. The number of benzene rings is 5. The Morgan fingerprint density at radius 1 is 0.463 bits per heavy atom. The fraction of sp³-hybridized carbons (Fsp3) is 0.265. The average molecular weight is 1290 g/mol. The maximum absolute atomic E-state index is 14.1. The lowest BCUT2D eigenvalue weighted by molar-refractivity contribution is 0.0993. The number of aryl methyl sites for hydroxylation is 3. The number of rotatable bonds is 15. The molecular formula is C68H69F2N19O6. The normalized spacial score (nSPS) is 15.9. The number of ether oxygens (including phenoxy) is 3. The average Bonchev–Trinajstić information content (AvgIpc) is 1.66. The zero-order chi connectivity index (χ0) is 67.6. The molecule has 486 valence electrons. The van der Waals surface area contributed by atoms with Crippen LogP contribution in [-0.4, -0.2) is 106 Å². The van der Waals surface area contributed by atoms with Crippen LogP contribution in [0.15, 0.2) is 128 Å². The predicted octanol–water partition coefficient (Wildman–Crippen LogP) is 10.0. The summed E-state index contributed by atoms with van der Waals surface area (Å²) in [7, 11) is 0. The van der Waals surface area contributed by atoms with Gasteiger partial charge in [0.15, 0.2) is 36.0 Å². The van der Waals surface area contributed by atoms with Gasteiger partial charge in [0.25, 0.3) is 23.6 Å². The monoisotopic (exact) mass is 1290 g/mol. The molecule has 0 saturated carbocycles. The van der Waals surface area contributed by atoms with Crippen molar-refractivity contribution in [3.63, 3.8) is 0 Å². The minimum absolute atomic E-state index is 0.0932. The smallest absolute Gasteiger partial charge is 0.255 e. The molecule has 5 aromatic carbocycles. The number of nitrogen functional groups attached to an aromatic ring is 3. The van der Waals surface area contributed by atoms with E-state index in [1.807, 2.05) is 55.5 Å². The highest BCUT2D eigenvalue weighted by Gasteiger charge is 2.32. The van der Waals surface area contributed by atoms with Gasteiger partial charge >= 0.3 is 0 Å².